The van der Waals surface area contributed by atoms with Crippen LogP contribution in [0.5, 0.6) is 5.75 Å². The third kappa shape index (κ3) is 4.18. The molecular formula is C14H22N2O4. The summed E-state index contributed by atoms with van der Waals surface area (Å²) >= 11 is 0. The molecule has 6 nitrogen and oxygen atoms in total. The van der Waals surface area contributed by atoms with Gasteiger partial charge in [0, 0.05) is 12.6 Å². The Morgan fingerprint density at radius 1 is 1.40 bits per heavy atom. The Hall–Kier alpha value is -1.66. The lowest BCUT2D eigenvalue weighted by Gasteiger charge is -2.25. The van der Waals surface area contributed by atoms with Gasteiger partial charge in [-0.3, -0.25) is 10.1 Å². The molecule has 0 saturated heterocycles. The highest BCUT2D eigenvalue weighted by molar-refractivity contribution is 5.48. The van der Waals surface area contributed by atoms with Crippen molar-refractivity contribution >= 4 is 5.69 Å². The summed E-state index contributed by atoms with van der Waals surface area (Å²) < 4.78 is 5.51. The van der Waals surface area contributed by atoms with E-state index in [1.165, 1.54) is 6.07 Å². The topological polar surface area (TPSA) is 84.6 Å². The normalized spacial score (nSPS) is 11.4. The van der Waals surface area contributed by atoms with E-state index in [9.17, 15) is 15.2 Å². The Labute approximate surface area is 118 Å². The Balaban J connectivity index is 2.95. The number of aliphatic hydroxyl groups is 1. The summed E-state index contributed by atoms with van der Waals surface area (Å²) in [6, 6.07) is 4.76. The van der Waals surface area contributed by atoms with E-state index in [0.29, 0.717) is 19.4 Å². The second-order valence-electron chi connectivity index (χ2n) is 4.81. The molecule has 0 aliphatic carbocycles. The van der Waals surface area contributed by atoms with Crippen LogP contribution in [0.25, 0.3) is 0 Å². The molecule has 0 heterocycles. The van der Waals surface area contributed by atoms with Crippen molar-refractivity contribution in [3.05, 3.63) is 33.9 Å². The highest BCUT2D eigenvalue weighted by Gasteiger charge is 2.25. The standard InChI is InChI=1S/C14H22N2O4/c1-4-14(17,5-2)10-20-13-8-11(9-15-3)6-7-12(13)16(18)19/h6-8,15,17H,4-5,9-10H2,1-3H3. The zero-order chi connectivity index (χ0) is 15.2. The zero-order valence-corrected chi connectivity index (χ0v) is 12.2. The Morgan fingerprint density at radius 3 is 2.55 bits per heavy atom. The maximum atomic E-state index is 11.0. The summed E-state index contributed by atoms with van der Waals surface area (Å²) in [4.78, 5) is 10.5. The highest BCUT2D eigenvalue weighted by Crippen LogP contribution is 2.29. The van der Waals surface area contributed by atoms with E-state index in [2.05, 4.69) is 5.32 Å². The number of ether oxygens (including phenoxy) is 1. The van der Waals surface area contributed by atoms with Crippen LogP contribution in [0.2, 0.25) is 0 Å². The third-order valence-electron chi connectivity index (χ3n) is 3.41. The predicted molar refractivity (Wildman–Crippen MR) is 76.9 cm³/mol. The van der Waals surface area contributed by atoms with Crippen LogP contribution in [-0.4, -0.2) is 29.3 Å². The van der Waals surface area contributed by atoms with Crippen molar-refractivity contribution in [3.8, 4) is 5.75 Å². The number of hydrogen-bond acceptors (Lipinski definition) is 5. The van der Waals surface area contributed by atoms with E-state index in [-0.39, 0.29) is 18.0 Å². The Bertz CT molecular complexity index is 458. The molecule has 2 N–H and O–H groups in total. The van der Waals surface area contributed by atoms with Crippen molar-refractivity contribution in [2.45, 2.75) is 38.8 Å². The van der Waals surface area contributed by atoms with Crippen molar-refractivity contribution < 1.29 is 14.8 Å². The molecule has 0 amide bonds. The minimum absolute atomic E-state index is 0.0455. The summed E-state index contributed by atoms with van der Waals surface area (Å²) in [6.45, 7) is 4.36. The summed E-state index contributed by atoms with van der Waals surface area (Å²) in [5.74, 6) is 0.197. The van der Waals surface area contributed by atoms with Gasteiger partial charge in [-0.15, -0.1) is 0 Å². The number of benzene rings is 1. The maximum absolute atomic E-state index is 11.0. The first-order valence-corrected chi connectivity index (χ1v) is 6.73. The van der Waals surface area contributed by atoms with Crippen LogP contribution in [0.1, 0.15) is 32.3 Å². The van der Waals surface area contributed by atoms with Crippen LogP contribution < -0.4 is 10.1 Å². The number of rotatable bonds is 8. The highest BCUT2D eigenvalue weighted by atomic mass is 16.6. The molecular weight excluding hydrogens is 260 g/mol. The molecule has 0 atom stereocenters. The lowest BCUT2D eigenvalue weighted by Crippen LogP contribution is -2.34. The first kappa shape index (κ1) is 16.4. The van der Waals surface area contributed by atoms with E-state index in [4.69, 9.17) is 4.74 Å². The molecule has 0 radical (unpaired) electrons. The molecule has 0 bridgehead atoms. The number of nitro benzene ring substituents is 1. The Kier molecular flexibility index (Phi) is 5.91. The molecule has 6 heteroatoms. The number of nitrogens with one attached hydrogen (secondary N) is 1. The van der Waals surface area contributed by atoms with Crippen LogP contribution in [-0.2, 0) is 6.54 Å². The number of hydrogen-bond donors (Lipinski definition) is 2. The monoisotopic (exact) mass is 282 g/mol. The zero-order valence-electron chi connectivity index (χ0n) is 12.2. The van der Waals surface area contributed by atoms with Gasteiger partial charge in [-0.2, -0.15) is 0 Å². The molecule has 1 aromatic carbocycles. The molecule has 0 fully saturated rings. The Morgan fingerprint density at radius 2 is 2.05 bits per heavy atom. The second-order valence-corrected chi connectivity index (χ2v) is 4.81. The largest absolute Gasteiger partial charge is 0.484 e. The molecule has 20 heavy (non-hydrogen) atoms. The molecule has 1 rings (SSSR count). The van der Waals surface area contributed by atoms with E-state index in [1.54, 1.807) is 19.2 Å². The SMILES string of the molecule is CCC(O)(CC)COc1cc(CNC)ccc1[N+](=O)[O-]. The number of nitro groups is 1. The first-order valence-electron chi connectivity index (χ1n) is 6.73. The fourth-order valence-electron chi connectivity index (χ4n) is 1.81. The molecule has 0 aliphatic rings. The van der Waals surface area contributed by atoms with Crippen LogP contribution in [0.3, 0.4) is 0 Å². The molecule has 1 aromatic rings. The lowest BCUT2D eigenvalue weighted by atomic mass is 9.99. The van der Waals surface area contributed by atoms with Crippen molar-refractivity contribution in [2.24, 2.45) is 0 Å². The van der Waals surface area contributed by atoms with E-state index < -0.39 is 10.5 Å². The molecule has 0 unspecified atom stereocenters. The molecule has 112 valence electrons. The molecule has 0 aromatic heterocycles. The van der Waals surface area contributed by atoms with Gasteiger partial charge < -0.3 is 15.2 Å². The summed E-state index contributed by atoms with van der Waals surface area (Å²) in [6.07, 6.45) is 1.07. The number of nitrogens with zero attached hydrogens (tertiary/aromatic N) is 1. The summed E-state index contributed by atoms with van der Waals surface area (Å²) in [7, 11) is 1.80. The van der Waals surface area contributed by atoms with Crippen LogP contribution in [0.15, 0.2) is 18.2 Å². The smallest absolute Gasteiger partial charge is 0.310 e. The molecule has 0 aliphatic heterocycles. The van der Waals surface area contributed by atoms with Gasteiger partial charge >= 0.3 is 5.69 Å². The van der Waals surface area contributed by atoms with Gasteiger partial charge in [-0.1, -0.05) is 19.9 Å². The van der Waals surface area contributed by atoms with Crippen LogP contribution in [0.4, 0.5) is 5.69 Å². The van der Waals surface area contributed by atoms with E-state index in [1.807, 2.05) is 13.8 Å². The van der Waals surface area contributed by atoms with E-state index in [0.717, 1.165) is 5.56 Å². The average Bonchev–Trinajstić information content (AvgIpc) is 2.45. The quantitative estimate of drug-likeness (QED) is 0.564. The van der Waals surface area contributed by atoms with Crippen molar-refractivity contribution in [2.75, 3.05) is 13.7 Å². The second kappa shape index (κ2) is 7.21. The van der Waals surface area contributed by atoms with Crippen molar-refractivity contribution in [1.29, 1.82) is 0 Å². The minimum Gasteiger partial charge on any atom is -0.484 e. The van der Waals surface area contributed by atoms with Gasteiger partial charge in [0.1, 0.15) is 6.61 Å². The average molecular weight is 282 g/mol. The minimum atomic E-state index is -0.952. The van der Waals surface area contributed by atoms with Gasteiger partial charge in [0.05, 0.1) is 10.5 Å². The van der Waals surface area contributed by atoms with Crippen LogP contribution >= 0.6 is 0 Å². The van der Waals surface area contributed by atoms with Gasteiger partial charge in [0.15, 0.2) is 5.75 Å². The summed E-state index contributed by atoms with van der Waals surface area (Å²) in [5, 5.41) is 24.2. The summed E-state index contributed by atoms with van der Waals surface area (Å²) in [5.41, 5.74) is -0.142. The van der Waals surface area contributed by atoms with Gasteiger partial charge in [-0.05, 0) is 31.5 Å². The third-order valence-corrected chi connectivity index (χ3v) is 3.41. The molecule has 0 spiro atoms. The fourth-order valence-corrected chi connectivity index (χ4v) is 1.81. The van der Waals surface area contributed by atoms with Gasteiger partial charge in [0.2, 0.25) is 0 Å². The lowest BCUT2D eigenvalue weighted by molar-refractivity contribution is -0.386. The molecule has 0 saturated carbocycles. The van der Waals surface area contributed by atoms with Crippen LogP contribution in [0, 0.1) is 10.1 Å². The van der Waals surface area contributed by atoms with Gasteiger partial charge in [0.25, 0.3) is 0 Å². The van der Waals surface area contributed by atoms with Gasteiger partial charge in [-0.25, -0.2) is 0 Å². The predicted octanol–water partition coefficient (Wildman–Crippen LogP) is 2.24. The van der Waals surface area contributed by atoms with Crippen molar-refractivity contribution in [1.82, 2.24) is 5.32 Å². The first-order chi connectivity index (χ1) is 9.45. The van der Waals surface area contributed by atoms with E-state index >= 15 is 0 Å². The van der Waals surface area contributed by atoms with Crippen molar-refractivity contribution in [3.63, 3.8) is 0 Å². The fraction of sp³-hybridized carbons (Fsp3) is 0.571. The maximum Gasteiger partial charge on any atom is 0.310 e.